The van der Waals surface area contributed by atoms with Gasteiger partial charge in [0, 0.05) is 25.2 Å². The van der Waals surface area contributed by atoms with Crippen LogP contribution in [0, 0.1) is 6.92 Å². The minimum absolute atomic E-state index is 0.242. The third-order valence-corrected chi connectivity index (χ3v) is 3.11. The fourth-order valence-electron chi connectivity index (χ4n) is 2.12. The van der Waals surface area contributed by atoms with Crippen LogP contribution in [-0.2, 0) is 11.2 Å². The van der Waals surface area contributed by atoms with Gasteiger partial charge in [0.05, 0.1) is 13.2 Å². The summed E-state index contributed by atoms with van der Waals surface area (Å²) in [5.41, 5.74) is 1.80. The lowest BCUT2D eigenvalue weighted by Gasteiger charge is -2.22. The van der Waals surface area contributed by atoms with Crippen LogP contribution in [0.5, 0.6) is 0 Å². The van der Waals surface area contributed by atoms with E-state index in [0.717, 1.165) is 24.4 Å². The van der Waals surface area contributed by atoms with E-state index in [0.29, 0.717) is 24.7 Å². The van der Waals surface area contributed by atoms with Crippen LogP contribution < -0.4 is 5.32 Å². The quantitative estimate of drug-likeness (QED) is 0.886. The molecule has 3 rings (SSSR count). The molecular formula is C13H16N4O2. The number of hydrogen-bond donors (Lipinski definition) is 1. The minimum atomic E-state index is 0.242. The van der Waals surface area contributed by atoms with E-state index >= 15 is 0 Å². The number of rotatable bonds is 3. The van der Waals surface area contributed by atoms with E-state index in [1.165, 1.54) is 0 Å². The van der Waals surface area contributed by atoms with Gasteiger partial charge in [-0.2, -0.15) is 4.98 Å². The molecule has 19 heavy (non-hydrogen) atoms. The maximum atomic E-state index is 5.40. The van der Waals surface area contributed by atoms with Crippen molar-refractivity contribution < 1.29 is 9.26 Å². The standard InChI is InChI=1S/C13H16N4O2/c1-9-3-2-4-15-12(9)13-16-11(19-17-13)7-10-8-18-6-5-14-10/h2-4,10,14H,5-8H2,1H3. The highest BCUT2D eigenvalue weighted by Crippen LogP contribution is 2.17. The topological polar surface area (TPSA) is 73.1 Å². The summed E-state index contributed by atoms with van der Waals surface area (Å²) in [5, 5.41) is 7.36. The summed E-state index contributed by atoms with van der Waals surface area (Å²) in [5.74, 6) is 1.16. The normalized spacial score (nSPS) is 19.5. The Morgan fingerprint density at radius 3 is 3.21 bits per heavy atom. The number of nitrogens with zero attached hydrogens (tertiary/aromatic N) is 3. The maximum Gasteiger partial charge on any atom is 0.228 e. The molecule has 6 heteroatoms. The van der Waals surface area contributed by atoms with Crippen molar-refractivity contribution in [3.63, 3.8) is 0 Å². The zero-order valence-electron chi connectivity index (χ0n) is 10.8. The fourth-order valence-corrected chi connectivity index (χ4v) is 2.12. The molecule has 2 aromatic heterocycles. The Kier molecular flexibility index (Phi) is 3.52. The van der Waals surface area contributed by atoms with Crippen molar-refractivity contribution in [2.24, 2.45) is 0 Å². The molecule has 0 amide bonds. The number of aromatic nitrogens is 3. The van der Waals surface area contributed by atoms with Gasteiger partial charge in [0.1, 0.15) is 5.69 Å². The number of morpholine rings is 1. The molecule has 1 aliphatic rings. The molecule has 3 heterocycles. The Morgan fingerprint density at radius 1 is 1.47 bits per heavy atom. The van der Waals surface area contributed by atoms with Crippen molar-refractivity contribution in [2.45, 2.75) is 19.4 Å². The van der Waals surface area contributed by atoms with Crippen LogP contribution in [-0.4, -0.2) is 40.9 Å². The summed E-state index contributed by atoms with van der Waals surface area (Å²) in [6.07, 6.45) is 2.41. The molecule has 0 radical (unpaired) electrons. The molecule has 1 N–H and O–H groups in total. The van der Waals surface area contributed by atoms with Crippen molar-refractivity contribution in [3.05, 3.63) is 29.8 Å². The molecule has 100 valence electrons. The summed E-state index contributed by atoms with van der Waals surface area (Å²) in [6.45, 7) is 4.29. The lowest BCUT2D eigenvalue weighted by atomic mass is 10.2. The number of ether oxygens (including phenoxy) is 1. The molecule has 0 aliphatic carbocycles. The molecule has 0 saturated carbocycles. The molecule has 1 atom stereocenters. The van der Waals surface area contributed by atoms with Crippen molar-refractivity contribution in [2.75, 3.05) is 19.8 Å². The first-order valence-corrected chi connectivity index (χ1v) is 6.38. The molecule has 6 nitrogen and oxygen atoms in total. The largest absolute Gasteiger partial charge is 0.378 e. The van der Waals surface area contributed by atoms with Crippen LogP contribution in [0.3, 0.4) is 0 Å². The van der Waals surface area contributed by atoms with Crippen molar-refractivity contribution in [1.29, 1.82) is 0 Å². The Balaban J connectivity index is 1.74. The molecule has 1 aliphatic heterocycles. The second-order valence-electron chi connectivity index (χ2n) is 4.61. The first kappa shape index (κ1) is 12.3. The van der Waals surface area contributed by atoms with Crippen molar-refractivity contribution in [3.8, 4) is 11.5 Å². The predicted molar refractivity (Wildman–Crippen MR) is 68.6 cm³/mol. The SMILES string of the molecule is Cc1cccnc1-c1noc(CC2COCCN2)n1. The smallest absolute Gasteiger partial charge is 0.228 e. The first-order chi connectivity index (χ1) is 9.33. The molecule has 2 aromatic rings. The summed E-state index contributed by atoms with van der Waals surface area (Å²) >= 11 is 0. The van der Waals surface area contributed by atoms with Gasteiger partial charge >= 0.3 is 0 Å². The van der Waals surface area contributed by atoms with Gasteiger partial charge in [0.2, 0.25) is 11.7 Å². The summed E-state index contributed by atoms with van der Waals surface area (Å²) in [4.78, 5) is 8.68. The maximum absolute atomic E-state index is 5.40. The van der Waals surface area contributed by atoms with E-state index in [2.05, 4.69) is 20.4 Å². The second kappa shape index (κ2) is 5.46. The van der Waals surface area contributed by atoms with Crippen LogP contribution in [0.25, 0.3) is 11.5 Å². The van der Waals surface area contributed by atoms with E-state index in [1.54, 1.807) is 6.20 Å². The van der Waals surface area contributed by atoms with Gasteiger partial charge < -0.3 is 14.6 Å². The molecule has 0 aromatic carbocycles. The Labute approximate surface area is 111 Å². The van der Waals surface area contributed by atoms with E-state index in [1.807, 2.05) is 19.1 Å². The summed E-state index contributed by atoms with van der Waals surface area (Å²) in [6, 6.07) is 4.12. The second-order valence-corrected chi connectivity index (χ2v) is 4.61. The summed E-state index contributed by atoms with van der Waals surface area (Å²) in [7, 11) is 0. The average molecular weight is 260 g/mol. The average Bonchev–Trinajstić information content (AvgIpc) is 2.89. The Bertz CT molecular complexity index is 549. The highest BCUT2D eigenvalue weighted by atomic mass is 16.5. The van der Waals surface area contributed by atoms with E-state index < -0.39 is 0 Å². The van der Waals surface area contributed by atoms with Gasteiger partial charge in [0.15, 0.2) is 0 Å². The van der Waals surface area contributed by atoms with Gasteiger partial charge in [-0.1, -0.05) is 11.2 Å². The van der Waals surface area contributed by atoms with Crippen LogP contribution in [0.15, 0.2) is 22.9 Å². The molecular weight excluding hydrogens is 244 g/mol. The van der Waals surface area contributed by atoms with Gasteiger partial charge in [-0.05, 0) is 18.6 Å². The van der Waals surface area contributed by atoms with Gasteiger partial charge in [0.25, 0.3) is 0 Å². The third-order valence-electron chi connectivity index (χ3n) is 3.11. The van der Waals surface area contributed by atoms with Gasteiger partial charge in [-0.25, -0.2) is 0 Å². The first-order valence-electron chi connectivity index (χ1n) is 6.38. The van der Waals surface area contributed by atoms with Crippen molar-refractivity contribution in [1.82, 2.24) is 20.4 Å². The van der Waals surface area contributed by atoms with E-state index in [9.17, 15) is 0 Å². The molecule has 1 saturated heterocycles. The zero-order chi connectivity index (χ0) is 13.1. The zero-order valence-corrected chi connectivity index (χ0v) is 10.8. The highest BCUT2D eigenvalue weighted by molar-refractivity contribution is 5.53. The number of pyridine rings is 1. The lowest BCUT2D eigenvalue weighted by Crippen LogP contribution is -2.42. The lowest BCUT2D eigenvalue weighted by molar-refractivity contribution is 0.0744. The third kappa shape index (κ3) is 2.80. The Morgan fingerprint density at radius 2 is 2.42 bits per heavy atom. The molecule has 1 unspecified atom stereocenters. The monoisotopic (exact) mass is 260 g/mol. The van der Waals surface area contributed by atoms with Crippen LogP contribution >= 0.6 is 0 Å². The van der Waals surface area contributed by atoms with Crippen LogP contribution in [0.1, 0.15) is 11.5 Å². The highest BCUT2D eigenvalue weighted by Gasteiger charge is 2.18. The van der Waals surface area contributed by atoms with Crippen molar-refractivity contribution >= 4 is 0 Å². The van der Waals surface area contributed by atoms with Gasteiger partial charge in [-0.3, -0.25) is 4.98 Å². The molecule has 1 fully saturated rings. The van der Waals surface area contributed by atoms with E-state index in [-0.39, 0.29) is 6.04 Å². The number of aryl methyl sites for hydroxylation is 1. The summed E-state index contributed by atoms with van der Waals surface area (Å²) < 4.78 is 10.7. The number of hydrogen-bond acceptors (Lipinski definition) is 6. The van der Waals surface area contributed by atoms with Crippen LogP contribution in [0.4, 0.5) is 0 Å². The Hall–Kier alpha value is -1.79. The minimum Gasteiger partial charge on any atom is -0.378 e. The number of nitrogens with one attached hydrogen (secondary N) is 1. The molecule has 0 spiro atoms. The molecule has 0 bridgehead atoms. The fraction of sp³-hybridized carbons (Fsp3) is 0.462. The predicted octanol–water partition coefficient (Wildman–Crippen LogP) is 0.971. The van der Waals surface area contributed by atoms with Gasteiger partial charge in [-0.15, -0.1) is 0 Å². The van der Waals surface area contributed by atoms with Crippen LogP contribution in [0.2, 0.25) is 0 Å². The van der Waals surface area contributed by atoms with E-state index in [4.69, 9.17) is 9.26 Å².